The summed E-state index contributed by atoms with van der Waals surface area (Å²) in [5, 5.41) is 2.20. The Labute approximate surface area is 191 Å². The Morgan fingerprint density at radius 1 is 1.10 bits per heavy atom. The quantitative estimate of drug-likeness (QED) is 0.334. The van der Waals surface area contributed by atoms with E-state index in [4.69, 9.17) is 4.74 Å². The highest BCUT2D eigenvalue weighted by molar-refractivity contribution is 9.12. The van der Waals surface area contributed by atoms with Crippen LogP contribution in [0.3, 0.4) is 0 Å². The lowest BCUT2D eigenvalue weighted by atomic mass is 9.81. The maximum absolute atomic E-state index is 12.7. The second kappa shape index (κ2) is 9.27. The first kappa shape index (κ1) is 23.7. The molecule has 0 bridgehead atoms. The molecule has 1 aliphatic heterocycles. The molecule has 1 aliphatic carbocycles. The second-order valence-electron chi connectivity index (χ2n) is 7.27. The zero-order chi connectivity index (χ0) is 22.9. The number of imide groups is 1. The van der Waals surface area contributed by atoms with E-state index in [1.165, 1.54) is 6.07 Å². The molecule has 1 saturated heterocycles. The van der Waals surface area contributed by atoms with E-state index in [1.54, 1.807) is 0 Å². The minimum Gasteiger partial charge on any atom is -0.454 e. The molecule has 1 heterocycles. The van der Waals surface area contributed by atoms with Gasteiger partial charge in [-0.3, -0.25) is 24.1 Å². The number of hydrogen-bond donors (Lipinski definition) is 1. The number of likely N-dealkylation sites (tertiary alicyclic amines) is 1. The van der Waals surface area contributed by atoms with Crippen molar-refractivity contribution >= 4 is 61.2 Å². The fourth-order valence-electron chi connectivity index (χ4n) is 3.61. The summed E-state index contributed by atoms with van der Waals surface area (Å²) < 4.78 is 43.0. The van der Waals surface area contributed by atoms with Crippen molar-refractivity contribution in [2.75, 3.05) is 18.5 Å². The largest absolute Gasteiger partial charge is 0.454 e. The third-order valence-corrected chi connectivity index (χ3v) is 7.86. The summed E-state index contributed by atoms with van der Waals surface area (Å²) in [6.07, 6.45) is -3.66. The van der Waals surface area contributed by atoms with Gasteiger partial charge in [0.15, 0.2) is 6.61 Å². The average Bonchev–Trinajstić information content (AvgIpc) is 2.91. The summed E-state index contributed by atoms with van der Waals surface area (Å²) >= 11 is 6.93. The van der Waals surface area contributed by atoms with Gasteiger partial charge in [-0.1, -0.05) is 37.9 Å². The maximum atomic E-state index is 12.7. The Kier molecular flexibility index (Phi) is 7.09. The molecule has 0 unspecified atom stereocenters. The summed E-state index contributed by atoms with van der Waals surface area (Å²) in [6, 6.07) is 3.99. The highest BCUT2D eigenvalue weighted by atomic mass is 79.9. The number of ether oxygens (including phenoxy) is 1. The number of benzene rings is 1. The van der Waals surface area contributed by atoms with Gasteiger partial charge in [-0.2, -0.15) is 13.2 Å². The van der Waals surface area contributed by atoms with Crippen molar-refractivity contribution in [2.24, 2.45) is 11.8 Å². The van der Waals surface area contributed by atoms with Gasteiger partial charge in [-0.25, -0.2) is 0 Å². The third-order valence-electron chi connectivity index (χ3n) is 5.13. The number of carbonyl (C=O) groups is 4. The van der Waals surface area contributed by atoms with Gasteiger partial charge < -0.3 is 10.1 Å². The highest BCUT2D eigenvalue weighted by Gasteiger charge is 2.52. The van der Waals surface area contributed by atoms with Crippen LogP contribution in [-0.4, -0.2) is 51.4 Å². The fourth-order valence-corrected chi connectivity index (χ4v) is 4.85. The van der Waals surface area contributed by atoms with Gasteiger partial charge in [-0.15, -0.1) is 0 Å². The molecule has 7 nitrogen and oxygen atoms in total. The molecule has 0 spiro atoms. The molecule has 1 aromatic carbocycles. The van der Waals surface area contributed by atoms with Crippen LogP contribution < -0.4 is 5.32 Å². The number of esters is 1. The zero-order valence-electron chi connectivity index (χ0n) is 15.8. The molecule has 0 aromatic heterocycles. The van der Waals surface area contributed by atoms with Crippen molar-refractivity contribution in [3.05, 3.63) is 29.8 Å². The standard InChI is InChI=1S/C19H17Br2F3N2O5/c20-13-5-11-12(6-14(13)21)18(30)26(17(11)29)7-16(28)31-8-15(27)25-10-3-1-2-9(4-10)19(22,23)24/h1-4,11-14H,5-8H2,(H,25,27)/t11-,12+,13-,14-/m0/s1. The molecule has 3 amide bonds. The van der Waals surface area contributed by atoms with Crippen molar-refractivity contribution < 1.29 is 37.1 Å². The number of fused-ring (bicyclic) bond motifs is 1. The Balaban J connectivity index is 1.52. The predicted molar refractivity (Wildman–Crippen MR) is 109 cm³/mol. The first-order valence-electron chi connectivity index (χ1n) is 9.23. The van der Waals surface area contributed by atoms with Crippen LogP contribution in [0.25, 0.3) is 0 Å². The van der Waals surface area contributed by atoms with E-state index in [0.717, 1.165) is 23.1 Å². The summed E-state index contributed by atoms with van der Waals surface area (Å²) in [7, 11) is 0. The molecule has 0 radical (unpaired) electrons. The van der Waals surface area contributed by atoms with E-state index < -0.39 is 60.4 Å². The minimum atomic E-state index is -4.57. The molecular weight excluding hydrogens is 553 g/mol. The fraction of sp³-hybridized carbons (Fsp3) is 0.474. The molecule has 3 rings (SSSR count). The molecular formula is C19H17Br2F3N2O5. The third kappa shape index (κ3) is 5.46. The number of nitrogens with zero attached hydrogens (tertiary/aromatic N) is 1. The molecule has 168 valence electrons. The molecule has 12 heteroatoms. The van der Waals surface area contributed by atoms with Gasteiger partial charge in [-0.05, 0) is 31.0 Å². The predicted octanol–water partition coefficient (Wildman–Crippen LogP) is 3.11. The Hall–Kier alpha value is -1.95. The van der Waals surface area contributed by atoms with E-state index >= 15 is 0 Å². The smallest absolute Gasteiger partial charge is 0.416 e. The number of carbonyl (C=O) groups excluding carboxylic acids is 4. The number of hydrogen-bond acceptors (Lipinski definition) is 5. The molecule has 1 aromatic rings. The summed E-state index contributed by atoms with van der Waals surface area (Å²) in [4.78, 5) is 49.9. The van der Waals surface area contributed by atoms with E-state index in [9.17, 15) is 32.3 Å². The topological polar surface area (TPSA) is 92.8 Å². The van der Waals surface area contributed by atoms with E-state index in [-0.39, 0.29) is 15.3 Å². The van der Waals surface area contributed by atoms with Crippen molar-refractivity contribution in [2.45, 2.75) is 28.7 Å². The maximum Gasteiger partial charge on any atom is 0.416 e. The highest BCUT2D eigenvalue weighted by Crippen LogP contribution is 2.43. The number of amides is 3. The van der Waals surface area contributed by atoms with Gasteiger partial charge in [0.25, 0.3) is 5.91 Å². The zero-order valence-corrected chi connectivity index (χ0v) is 19.0. The summed E-state index contributed by atoms with van der Waals surface area (Å²) in [6.45, 7) is -1.40. The van der Waals surface area contributed by atoms with Crippen LogP contribution in [0.15, 0.2) is 24.3 Å². The monoisotopic (exact) mass is 568 g/mol. The van der Waals surface area contributed by atoms with E-state index in [1.807, 2.05) is 0 Å². The molecule has 31 heavy (non-hydrogen) atoms. The van der Waals surface area contributed by atoms with Crippen LogP contribution in [0.1, 0.15) is 18.4 Å². The van der Waals surface area contributed by atoms with Crippen LogP contribution in [0, 0.1) is 11.8 Å². The van der Waals surface area contributed by atoms with E-state index in [2.05, 4.69) is 37.2 Å². The van der Waals surface area contributed by atoms with E-state index in [0.29, 0.717) is 12.8 Å². The minimum absolute atomic E-state index is 0.0249. The van der Waals surface area contributed by atoms with Crippen LogP contribution in [-0.2, 0) is 30.1 Å². The lowest BCUT2D eigenvalue weighted by Gasteiger charge is -2.29. The molecule has 2 fully saturated rings. The molecule has 1 N–H and O–H groups in total. The van der Waals surface area contributed by atoms with Crippen LogP contribution in [0.2, 0.25) is 0 Å². The molecule has 4 atom stereocenters. The van der Waals surface area contributed by atoms with Gasteiger partial charge in [0, 0.05) is 15.3 Å². The first-order valence-corrected chi connectivity index (χ1v) is 11.1. The Morgan fingerprint density at radius 2 is 1.68 bits per heavy atom. The van der Waals surface area contributed by atoms with Crippen molar-refractivity contribution in [3.63, 3.8) is 0 Å². The average molecular weight is 570 g/mol. The molecule has 2 aliphatic rings. The van der Waals surface area contributed by atoms with Gasteiger partial charge >= 0.3 is 12.1 Å². The van der Waals surface area contributed by atoms with Gasteiger partial charge in [0.05, 0.1) is 17.4 Å². The number of anilines is 1. The number of halogens is 5. The van der Waals surface area contributed by atoms with Gasteiger partial charge in [0.2, 0.25) is 11.8 Å². The second-order valence-corrected chi connectivity index (χ2v) is 9.62. The summed E-state index contributed by atoms with van der Waals surface area (Å²) in [5.41, 5.74) is -1.05. The summed E-state index contributed by atoms with van der Waals surface area (Å²) in [5.74, 6) is -3.76. The van der Waals surface area contributed by atoms with Gasteiger partial charge in [0.1, 0.15) is 6.54 Å². The van der Waals surface area contributed by atoms with Crippen LogP contribution in [0.5, 0.6) is 0 Å². The van der Waals surface area contributed by atoms with Crippen LogP contribution in [0.4, 0.5) is 18.9 Å². The molecule has 1 saturated carbocycles. The Morgan fingerprint density at radius 3 is 2.23 bits per heavy atom. The lowest BCUT2D eigenvalue weighted by molar-refractivity contribution is -0.154. The number of rotatable bonds is 5. The van der Waals surface area contributed by atoms with Crippen LogP contribution >= 0.6 is 31.9 Å². The lowest BCUT2D eigenvalue weighted by Crippen LogP contribution is -2.37. The van der Waals surface area contributed by atoms with Crippen molar-refractivity contribution in [1.29, 1.82) is 0 Å². The van der Waals surface area contributed by atoms with Crippen molar-refractivity contribution in [1.82, 2.24) is 4.90 Å². The normalized spacial score (nSPS) is 25.9. The SMILES string of the molecule is O=C(COC(=O)CN1C(=O)[C@H]2C[C@H](Br)[C@@H](Br)C[C@H]2C1=O)Nc1cccc(C(F)(F)F)c1. The number of nitrogens with one attached hydrogen (secondary N) is 1. The number of alkyl halides is 5. The first-order chi connectivity index (χ1) is 14.5. The van der Waals surface area contributed by atoms with Crippen molar-refractivity contribution in [3.8, 4) is 0 Å². The Bertz CT molecular complexity index is 883.